The van der Waals surface area contributed by atoms with Gasteiger partial charge in [-0.15, -0.1) is 0 Å². The van der Waals surface area contributed by atoms with Crippen LogP contribution < -0.4 is 5.73 Å². The lowest BCUT2D eigenvalue weighted by Crippen LogP contribution is -2.28. The van der Waals surface area contributed by atoms with Crippen LogP contribution in [-0.2, 0) is 25.3 Å². The summed E-state index contributed by atoms with van der Waals surface area (Å²) in [7, 11) is 2.15. The van der Waals surface area contributed by atoms with E-state index in [1.54, 1.807) is 0 Å². The number of imidazole rings is 1. The van der Waals surface area contributed by atoms with Gasteiger partial charge in [-0.3, -0.25) is 0 Å². The Labute approximate surface area is 98.1 Å². The fraction of sp³-hybridized carbons (Fsp3) is 0.769. The van der Waals surface area contributed by atoms with Crippen molar-refractivity contribution in [1.82, 2.24) is 9.55 Å². The molecule has 2 N–H and O–H groups in total. The first-order valence-electron chi connectivity index (χ1n) is 6.26. The largest absolute Gasteiger partial charge is 0.334 e. The van der Waals surface area contributed by atoms with Crippen LogP contribution >= 0.6 is 0 Å². The van der Waals surface area contributed by atoms with Crippen molar-refractivity contribution < 1.29 is 0 Å². The molecule has 16 heavy (non-hydrogen) atoms. The van der Waals surface area contributed by atoms with Crippen molar-refractivity contribution in [2.24, 2.45) is 12.8 Å². The van der Waals surface area contributed by atoms with E-state index in [0.717, 1.165) is 25.7 Å². The molecule has 1 aromatic heterocycles. The van der Waals surface area contributed by atoms with E-state index >= 15 is 0 Å². The van der Waals surface area contributed by atoms with Crippen LogP contribution in [0.4, 0.5) is 0 Å². The van der Waals surface area contributed by atoms with Gasteiger partial charge in [0.25, 0.3) is 0 Å². The number of rotatable bonds is 2. The van der Waals surface area contributed by atoms with Crippen LogP contribution in [0.2, 0.25) is 0 Å². The van der Waals surface area contributed by atoms with Gasteiger partial charge in [-0.1, -0.05) is 20.8 Å². The van der Waals surface area contributed by atoms with E-state index in [1.807, 2.05) is 0 Å². The molecule has 1 aliphatic carbocycles. The van der Waals surface area contributed by atoms with E-state index in [-0.39, 0.29) is 5.41 Å². The molecule has 3 nitrogen and oxygen atoms in total. The Balaban J connectivity index is 2.43. The highest BCUT2D eigenvalue weighted by Crippen LogP contribution is 2.30. The van der Waals surface area contributed by atoms with E-state index < -0.39 is 0 Å². The number of hydrogen-bond donors (Lipinski definition) is 1. The second-order valence-corrected chi connectivity index (χ2v) is 5.63. The molecular formula is C13H23N3. The third-order valence-corrected chi connectivity index (χ3v) is 3.99. The zero-order valence-corrected chi connectivity index (χ0v) is 10.9. The van der Waals surface area contributed by atoms with Gasteiger partial charge in [0.2, 0.25) is 0 Å². The third kappa shape index (κ3) is 1.77. The summed E-state index contributed by atoms with van der Waals surface area (Å²) in [5, 5.41) is 0. The van der Waals surface area contributed by atoms with Gasteiger partial charge in [0.1, 0.15) is 5.82 Å². The maximum absolute atomic E-state index is 6.00. The lowest BCUT2D eigenvalue weighted by Gasteiger charge is -2.22. The molecule has 0 fully saturated rings. The molecule has 1 unspecified atom stereocenters. The second kappa shape index (κ2) is 3.88. The van der Waals surface area contributed by atoms with Gasteiger partial charge in [0, 0.05) is 30.6 Å². The molecule has 90 valence electrons. The lowest BCUT2D eigenvalue weighted by atomic mass is 9.89. The Morgan fingerprint density at radius 1 is 1.50 bits per heavy atom. The van der Waals surface area contributed by atoms with Crippen molar-refractivity contribution in [2.75, 3.05) is 0 Å². The minimum atomic E-state index is 0.163. The van der Waals surface area contributed by atoms with Gasteiger partial charge in [0.15, 0.2) is 0 Å². The fourth-order valence-electron chi connectivity index (χ4n) is 2.50. The first kappa shape index (κ1) is 11.6. The minimum absolute atomic E-state index is 0.163. The first-order valence-corrected chi connectivity index (χ1v) is 6.26. The molecule has 0 saturated heterocycles. The van der Waals surface area contributed by atoms with Gasteiger partial charge in [0.05, 0.1) is 5.69 Å². The van der Waals surface area contributed by atoms with Gasteiger partial charge < -0.3 is 10.3 Å². The quantitative estimate of drug-likeness (QED) is 0.829. The van der Waals surface area contributed by atoms with E-state index in [1.165, 1.54) is 17.2 Å². The standard InChI is InChI=1S/C13H23N3/c1-5-13(2,3)12-15-10-8-9(14)6-7-11(10)16(12)4/h9H,5-8,14H2,1-4H3. The summed E-state index contributed by atoms with van der Waals surface area (Å²) in [5.74, 6) is 1.22. The third-order valence-electron chi connectivity index (χ3n) is 3.99. The van der Waals surface area contributed by atoms with Crippen LogP contribution in [0.3, 0.4) is 0 Å². The summed E-state index contributed by atoms with van der Waals surface area (Å²) in [6.45, 7) is 6.75. The molecular weight excluding hydrogens is 198 g/mol. The van der Waals surface area contributed by atoms with E-state index in [2.05, 4.69) is 32.4 Å². The van der Waals surface area contributed by atoms with Crippen LogP contribution in [0, 0.1) is 0 Å². The van der Waals surface area contributed by atoms with Crippen LogP contribution in [0.5, 0.6) is 0 Å². The normalized spacial score (nSPS) is 20.9. The maximum atomic E-state index is 6.00. The van der Waals surface area contributed by atoms with Crippen LogP contribution in [0.25, 0.3) is 0 Å². The summed E-state index contributed by atoms with van der Waals surface area (Å²) in [6, 6.07) is 0.306. The Kier molecular flexibility index (Phi) is 2.82. The van der Waals surface area contributed by atoms with Crippen molar-refractivity contribution >= 4 is 0 Å². The molecule has 0 aromatic carbocycles. The van der Waals surface area contributed by atoms with E-state index in [4.69, 9.17) is 10.7 Å². The Morgan fingerprint density at radius 2 is 2.19 bits per heavy atom. The van der Waals surface area contributed by atoms with Gasteiger partial charge >= 0.3 is 0 Å². The molecule has 1 aromatic rings. The Hall–Kier alpha value is -0.830. The van der Waals surface area contributed by atoms with Gasteiger partial charge in [-0.2, -0.15) is 0 Å². The Bertz CT molecular complexity index is 390. The van der Waals surface area contributed by atoms with Gasteiger partial charge in [-0.05, 0) is 19.3 Å². The predicted molar refractivity (Wildman–Crippen MR) is 66.5 cm³/mol. The fourth-order valence-corrected chi connectivity index (χ4v) is 2.50. The number of aromatic nitrogens is 2. The molecule has 0 bridgehead atoms. The highest BCUT2D eigenvalue weighted by atomic mass is 15.1. The van der Waals surface area contributed by atoms with Crippen molar-refractivity contribution in [3.8, 4) is 0 Å². The van der Waals surface area contributed by atoms with E-state index in [0.29, 0.717) is 6.04 Å². The number of hydrogen-bond acceptors (Lipinski definition) is 2. The lowest BCUT2D eigenvalue weighted by molar-refractivity contribution is 0.454. The van der Waals surface area contributed by atoms with Crippen molar-refractivity contribution in [3.05, 3.63) is 17.2 Å². The maximum Gasteiger partial charge on any atom is 0.114 e. The molecule has 0 aliphatic heterocycles. The zero-order chi connectivity index (χ0) is 11.9. The molecule has 1 atom stereocenters. The SMILES string of the molecule is CCC(C)(C)c1nc2c(n1C)CCC(N)C2. The molecule has 3 heteroatoms. The highest BCUT2D eigenvalue weighted by molar-refractivity contribution is 5.24. The van der Waals surface area contributed by atoms with Crippen molar-refractivity contribution in [2.45, 2.75) is 57.9 Å². The van der Waals surface area contributed by atoms with Crippen molar-refractivity contribution in [1.29, 1.82) is 0 Å². The second-order valence-electron chi connectivity index (χ2n) is 5.63. The van der Waals surface area contributed by atoms with Crippen LogP contribution in [0.15, 0.2) is 0 Å². The minimum Gasteiger partial charge on any atom is -0.334 e. The summed E-state index contributed by atoms with van der Waals surface area (Å²) in [5.41, 5.74) is 8.80. The highest BCUT2D eigenvalue weighted by Gasteiger charge is 2.29. The molecule has 0 amide bonds. The predicted octanol–water partition coefficient (Wildman–Crippen LogP) is 1.92. The van der Waals surface area contributed by atoms with Crippen molar-refractivity contribution in [3.63, 3.8) is 0 Å². The Morgan fingerprint density at radius 3 is 2.81 bits per heavy atom. The average molecular weight is 221 g/mol. The molecule has 0 saturated carbocycles. The van der Waals surface area contributed by atoms with E-state index in [9.17, 15) is 0 Å². The molecule has 1 heterocycles. The average Bonchev–Trinajstić information content (AvgIpc) is 2.56. The molecule has 0 spiro atoms. The first-order chi connectivity index (χ1) is 7.45. The smallest absolute Gasteiger partial charge is 0.114 e. The number of fused-ring (bicyclic) bond motifs is 1. The summed E-state index contributed by atoms with van der Waals surface area (Å²) < 4.78 is 2.30. The summed E-state index contributed by atoms with van der Waals surface area (Å²) in [4.78, 5) is 4.83. The van der Waals surface area contributed by atoms with Gasteiger partial charge in [-0.25, -0.2) is 4.98 Å². The molecule has 0 radical (unpaired) electrons. The van der Waals surface area contributed by atoms with Crippen LogP contribution in [-0.4, -0.2) is 15.6 Å². The summed E-state index contributed by atoms with van der Waals surface area (Å²) >= 11 is 0. The van der Waals surface area contributed by atoms with Crippen LogP contribution in [0.1, 0.15) is 50.8 Å². The number of nitrogens with two attached hydrogens (primary N) is 1. The zero-order valence-electron chi connectivity index (χ0n) is 10.9. The topological polar surface area (TPSA) is 43.8 Å². The molecule has 2 rings (SSSR count). The molecule has 1 aliphatic rings. The monoisotopic (exact) mass is 221 g/mol. The number of nitrogens with zero attached hydrogens (tertiary/aromatic N) is 2. The summed E-state index contributed by atoms with van der Waals surface area (Å²) in [6.07, 6.45) is 4.24.